The van der Waals surface area contributed by atoms with Crippen LogP contribution in [0.2, 0.25) is 0 Å². The molecule has 0 atom stereocenters. The number of hydrogen-bond donors (Lipinski definition) is 1. The van der Waals surface area contributed by atoms with Gasteiger partial charge in [0.15, 0.2) is 11.4 Å². The molecular formula is C13H7BrN4O. The minimum atomic E-state index is -0.340. The number of benzene rings is 1. The fourth-order valence-corrected chi connectivity index (χ4v) is 1.82. The predicted molar refractivity (Wildman–Crippen MR) is 71.6 cm³/mol. The molecule has 0 radical (unpaired) electrons. The zero-order valence-corrected chi connectivity index (χ0v) is 11.4. The van der Waals surface area contributed by atoms with Crippen molar-refractivity contribution in [3.8, 4) is 18.2 Å². The van der Waals surface area contributed by atoms with Gasteiger partial charge in [-0.3, -0.25) is 4.79 Å². The molecule has 6 heteroatoms. The van der Waals surface area contributed by atoms with Crippen LogP contribution in [-0.2, 0) is 0 Å². The Kier molecular flexibility index (Phi) is 4.83. The second-order valence-electron chi connectivity index (χ2n) is 3.43. The van der Waals surface area contributed by atoms with Crippen LogP contribution in [0.3, 0.4) is 0 Å². The first-order valence-corrected chi connectivity index (χ1v) is 5.85. The number of hydrogen-bond acceptors (Lipinski definition) is 5. The number of halogens is 1. The second kappa shape index (κ2) is 6.35. The Morgan fingerprint density at radius 3 is 2.32 bits per heavy atom. The average Bonchev–Trinajstić information content (AvgIpc) is 2.40. The van der Waals surface area contributed by atoms with Crippen LogP contribution in [0.15, 0.2) is 33.9 Å². The number of carbonyl (C=O) groups is 1. The third-order valence-corrected chi connectivity index (χ3v) is 2.89. The molecule has 1 aromatic rings. The number of carbonyl (C=O) groups excluding carboxylic acids is 1. The topological polar surface area (TPSA) is 100 Å². The Labute approximate surface area is 118 Å². The van der Waals surface area contributed by atoms with Crippen molar-refractivity contribution in [2.45, 2.75) is 6.92 Å². The Bertz CT molecular complexity index is 670. The Morgan fingerprint density at radius 1 is 1.21 bits per heavy atom. The molecule has 0 aliphatic rings. The lowest BCUT2D eigenvalue weighted by Crippen LogP contribution is -2.06. The first-order chi connectivity index (χ1) is 9.04. The summed E-state index contributed by atoms with van der Waals surface area (Å²) in [5.41, 5.74) is 0.180. The summed E-state index contributed by atoms with van der Waals surface area (Å²) in [4.78, 5) is 11.5. The summed E-state index contributed by atoms with van der Waals surface area (Å²) in [6.07, 6.45) is 0. The predicted octanol–water partition coefficient (Wildman–Crippen LogP) is 2.89. The number of anilines is 1. The zero-order valence-electron chi connectivity index (χ0n) is 9.86. The fourth-order valence-electron chi connectivity index (χ4n) is 1.35. The Morgan fingerprint density at radius 2 is 1.84 bits per heavy atom. The third kappa shape index (κ3) is 3.19. The normalized spacial score (nSPS) is 8.58. The van der Waals surface area contributed by atoms with Crippen LogP contribution in [0.5, 0.6) is 0 Å². The molecule has 0 spiro atoms. The van der Waals surface area contributed by atoms with Gasteiger partial charge in [-0.25, -0.2) is 0 Å². The first-order valence-electron chi connectivity index (χ1n) is 5.06. The Hall–Kier alpha value is -2.62. The van der Waals surface area contributed by atoms with E-state index in [1.807, 2.05) is 0 Å². The van der Waals surface area contributed by atoms with E-state index in [4.69, 9.17) is 15.8 Å². The lowest BCUT2D eigenvalue weighted by Gasteiger charge is -2.11. The van der Waals surface area contributed by atoms with E-state index in [-0.39, 0.29) is 17.1 Å². The molecule has 0 heterocycles. The summed E-state index contributed by atoms with van der Waals surface area (Å²) >= 11 is 3.25. The average molecular weight is 315 g/mol. The van der Waals surface area contributed by atoms with E-state index >= 15 is 0 Å². The first kappa shape index (κ1) is 14.4. The van der Waals surface area contributed by atoms with E-state index in [0.29, 0.717) is 15.7 Å². The molecule has 0 aromatic heterocycles. The molecule has 0 amide bonds. The molecule has 1 N–H and O–H groups in total. The van der Waals surface area contributed by atoms with Crippen LogP contribution in [0.4, 0.5) is 5.69 Å². The molecule has 5 nitrogen and oxygen atoms in total. The maximum atomic E-state index is 11.5. The molecule has 92 valence electrons. The molecule has 0 aliphatic heterocycles. The number of nitrogens with one attached hydrogen (secondary N) is 1. The van der Waals surface area contributed by atoms with Gasteiger partial charge >= 0.3 is 0 Å². The fraction of sp³-hybridized carbons (Fsp3) is 0.0769. The number of allylic oxidation sites excluding steroid dienone is 2. The van der Waals surface area contributed by atoms with Gasteiger partial charge in [-0.1, -0.05) is 6.07 Å². The highest BCUT2D eigenvalue weighted by Crippen LogP contribution is 2.28. The highest BCUT2D eigenvalue weighted by molar-refractivity contribution is 9.10. The van der Waals surface area contributed by atoms with Gasteiger partial charge in [0.05, 0.1) is 5.69 Å². The molecule has 0 bridgehead atoms. The maximum Gasteiger partial charge on any atom is 0.163 e. The molecule has 1 rings (SSSR count). The third-order valence-electron chi connectivity index (χ3n) is 2.23. The second-order valence-corrected chi connectivity index (χ2v) is 4.28. The van der Waals surface area contributed by atoms with Gasteiger partial charge in [0, 0.05) is 10.0 Å². The number of ketones is 1. The smallest absolute Gasteiger partial charge is 0.163 e. The monoisotopic (exact) mass is 314 g/mol. The number of rotatable bonds is 3. The van der Waals surface area contributed by atoms with Gasteiger partial charge in [0.25, 0.3) is 0 Å². The van der Waals surface area contributed by atoms with Crippen molar-refractivity contribution >= 4 is 27.4 Å². The van der Waals surface area contributed by atoms with Crippen molar-refractivity contribution in [1.82, 2.24) is 0 Å². The van der Waals surface area contributed by atoms with Crippen molar-refractivity contribution < 1.29 is 4.79 Å². The highest BCUT2D eigenvalue weighted by Gasteiger charge is 2.14. The van der Waals surface area contributed by atoms with Gasteiger partial charge in [0.1, 0.15) is 23.9 Å². The lowest BCUT2D eigenvalue weighted by molar-refractivity contribution is 0.101. The summed E-state index contributed by atoms with van der Waals surface area (Å²) in [6.45, 7) is 1.39. The molecule has 0 fully saturated rings. The Balaban J connectivity index is 3.40. The highest BCUT2D eigenvalue weighted by atomic mass is 79.9. The zero-order chi connectivity index (χ0) is 14.4. The number of Topliss-reactive ketones (excluding diaryl/α,β-unsaturated/α-hetero) is 1. The SMILES string of the molecule is CC(=O)c1cccc(Br)c1NC(C#N)=C(C#N)C#N. The standard InChI is InChI=1S/C13H7BrN4O/c1-8(19)10-3-2-4-11(14)13(10)18-12(7-17)9(5-15)6-16/h2-4,18H,1H3. The van der Waals surface area contributed by atoms with Crippen LogP contribution in [0, 0.1) is 34.0 Å². The van der Waals surface area contributed by atoms with E-state index in [1.54, 1.807) is 36.4 Å². The quantitative estimate of drug-likeness (QED) is 0.682. The van der Waals surface area contributed by atoms with Gasteiger partial charge in [-0.15, -0.1) is 0 Å². The minimum absolute atomic E-state index is 0.195. The summed E-state index contributed by atoms with van der Waals surface area (Å²) in [6, 6.07) is 9.93. The van der Waals surface area contributed by atoms with Gasteiger partial charge in [0.2, 0.25) is 0 Å². The van der Waals surface area contributed by atoms with Gasteiger partial charge < -0.3 is 5.32 Å². The summed E-state index contributed by atoms with van der Waals surface area (Å²) < 4.78 is 0.558. The maximum absolute atomic E-state index is 11.5. The number of para-hydroxylation sites is 1. The largest absolute Gasteiger partial charge is 0.344 e. The van der Waals surface area contributed by atoms with E-state index in [2.05, 4.69) is 21.2 Å². The van der Waals surface area contributed by atoms with Crippen LogP contribution in [0.1, 0.15) is 17.3 Å². The molecule has 19 heavy (non-hydrogen) atoms. The van der Waals surface area contributed by atoms with E-state index < -0.39 is 0 Å². The summed E-state index contributed by atoms with van der Waals surface area (Å²) in [5, 5.41) is 29.1. The molecule has 1 aromatic carbocycles. The van der Waals surface area contributed by atoms with Crippen molar-refractivity contribution in [1.29, 1.82) is 15.8 Å². The van der Waals surface area contributed by atoms with Gasteiger partial charge in [-0.05, 0) is 35.0 Å². The molecule has 0 aliphatic carbocycles. The summed E-state index contributed by atoms with van der Waals surface area (Å²) in [7, 11) is 0. The van der Waals surface area contributed by atoms with Crippen molar-refractivity contribution in [3.63, 3.8) is 0 Å². The summed E-state index contributed by atoms with van der Waals surface area (Å²) in [5.74, 6) is -0.198. The minimum Gasteiger partial charge on any atom is -0.344 e. The van der Waals surface area contributed by atoms with Crippen LogP contribution < -0.4 is 5.32 Å². The number of nitriles is 3. The van der Waals surface area contributed by atoms with E-state index in [0.717, 1.165) is 0 Å². The van der Waals surface area contributed by atoms with Crippen LogP contribution in [-0.4, -0.2) is 5.78 Å². The van der Waals surface area contributed by atoms with Crippen molar-refractivity contribution in [2.75, 3.05) is 5.32 Å². The van der Waals surface area contributed by atoms with Crippen LogP contribution in [0.25, 0.3) is 0 Å². The number of nitrogens with zero attached hydrogens (tertiary/aromatic N) is 3. The van der Waals surface area contributed by atoms with Crippen molar-refractivity contribution in [2.24, 2.45) is 0 Å². The molecule has 0 saturated carbocycles. The molecular weight excluding hydrogens is 308 g/mol. The molecule has 0 saturated heterocycles. The lowest BCUT2D eigenvalue weighted by atomic mass is 10.1. The van der Waals surface area contributed by atoms with Gasteiger partial charge in [-0.2, -0.15) is 15.8 Å². The molecule has 0 unspecified atom stereocenters. The van der Waals surface area contributed by atoms with E-state index in [1.165, 1.54) is 6.92 Å². The van der Waals surface area contributed by atoms with E-state index in [9.17, 15) is 4.79 Å². The van der Waals surface area contributed by atoms with Crippen molar-refractivity contribution in [3.05, 3.63) is 39.5 Å². The van der Waals surface area contributed by atoms with Crippen LogP contribution >= 0.6 is 15.9 Å².